The second-order valence-electron chi connectivity index (χ2n) is 4.21. The Hall–Kier alpha value is -0.610. The molecule has 2 fully saturated rings. The van der Waals surface area contributed by atoms with Gasteiger partial charge in [-0.25, -0.2) is 0 Å². The number of hydrogen-bond acceptors (Lipinski definition) is 3. The van der Waals surface area contributed by atoms with E-state index in [9.17, 15) is 15.0 Å². The summed E-state index contributed by atoms with van der Waals surface area (Å²) in [6.45, 7) is 0.796. The molecule has 4 heteroatoms. The molecule has 0 aromatic heterocycles. The number of carbonyl (C=O) groups excluding carboxylic acids is 1. The molecule has 2 N–H and O–H groups in total. The van der Waals surface area contributed by atoms with Gasteiger partial charge in [-0.2, -0.15) is 0 Å². The smallest absolute Gasteiger partial charge is 0.225 e. The summed E-state index contributed by atoms with van der Waals surface area (Å²) >= 11 is 0. The number of rotatable bonds is 2. The van der Waals surface area contributed by atoms with Crippen molar-refractivity contribution in [1.29, 1.82) is 0 Å². The van der Waals surface area contributed by atoms with E-state index in [1.807, 2.05) is 0 Å². The van der Waals surface area contributed by atoms with E-state index in [-0.39, 0.29) is 12.3 Å². The fraction of sp³-hybridized carbons (Fsp3) is 0.889. The number of hydrogen-bond donors (Lipinski definition) is 2. The van der Waals surface area contributed by atoms with Crippen LogP contribution in [0.25, 0.3) is 0 Å². The maximum Gasteiger partial charge on any atom is 0.225 e. The predicted molar refractivity (Wildman–Crippen MR) is 46.0 cm³/mol. The molecule has 1 unspecified atom stereocenters. The van der Waals surface area contributed by atoms with E-state index < -0.39 is 11.7 Å². The molecular formula is C9H15NO3. The number of amides is 1. The van der Waals surface area contributed by atoms with Crippen LogP contribution >= 0.6 is 0 Å². The van der Waals surface area contributed by atoms with E-state index >= 15 is 0 Å². The van der Waals surface area contributed by atoms with Crippen molar-refractivity contribution >= 4 is 5.91 Å². The lowest BCUT2D eigenvalue weighted by Crippen LogP contribution is -2.48. The average molecular weight is 185 g/mol. The molecule has 0 radical (unpaired) electrons. The SMILES string of the molecule is O=C1CC(O)CN1CC1(O)CCC1. The summed E-state index contributed by atoms with van der Waals surface area (Å²) in [5, 5.41) is 19.0. The predicted octanol–water partition coefficient (Wildman–Crippen LogP) is -0.505. The number of aliphatic hydroxyl groups excluding tert-OH is 1. The highest BCUT2D eigenvalue weighted by atomic mass is 16.3. The van der Waals surface area contributed by atoms with Gasteiger partial charge in [-0.3, -0.25) is 4.79 Å². The van der Waals surface area contributed by atoms with E-state index in [2.05, 4.69) is 0 Å². The molecule has 0 aromatic carbocycles. The summed E-state index contributed by atoms with van der Waals surface area (Å²) in [5.74, 6) is -0.0344. The molecule has 0 spiro atoms. The Labute approximate surface area is 77.2 Å². The van der Waals surface area contributed by atoms with Crippen LogP contribution in [0.15, 0.2) is 0 Å². The van der Waals surface area contributed by atoms with Crippen molar-refractivity contribution in [3.63, 3.8) is 0 Å². The first-order chi connectivity index (χ1) is 6.09. The Morgan fingerprint density at radius 2 is 2.23 bits per heavy atom. The minimum absolute atomic E-state index is 0.0344. The Bertz CT molecular complexity index is 225. The van der Waals surface area contributed by atoms with E-state index in [1.54, 1.807) is 4.90 Å². The molecule has 0 bridgehead atoms. The third-order valence-corrected chi connectivity index (χ3v) is 2.96. The highest BCUT2D eigenvalue weighted by molar-refractivity contribution is 5.79. The first-order valence-electron chi connectivity index (χ1n) is 4.77. The van der Waals surface area contributed by atoms with Gasteiger partial charge in [0.1, 0.15) is 0 Å². The van der Waals surface area contributed by atoms with Crippen LogP contribution < -0.4 is 0 Å². The summed E-state index contributed by atoms with van der Waals surface area (Å²) in [5.41, 5.74) is -0.653. The topological polar surface area (TPSA) is 60.8 Å². The van der Waals surface area contributed by atoms with Gasteiger partial charge in [0, 0.05) is 13.1 Å². The lowest BCUT2D eigenvalue weighted by molar-refractivity contribution is -0.133. The molecule has 13 heavy (non-hydrogen) atoms. The van der Waals surface area contributed by atoms with Crippen LogP contribution in [-0.4, -0.2) is 45.8 Å². The van der Waals surface area contributed by atoms with Gasteiger partial charge in [-0.15, -0.1) is 0 Å². The van der Waals surface area contributed by atoms with Crippen molar-refractivity contribution in [2.45, 2.75) is 37.4 Å². The molecule has 1 aliphatic carbocycles. The van der Waals surface area contributed by atoms with Crippen LogP contribution in [0.5, 0.6) is 0 Å². The monoisotopic (exact) mass is 185 g/mol. The van der Waals surface area contributed by atoms with Crippen molar-refractivity contribution in [1.82, 2.24) is 4.90 Å². The Kier molecular flexibility index (Phi) is 2.04. The number of likely N-dealkylation sites (tertiary alicyclic amines) is 1. The number of nitrogens with zero attached hydrogens (tertiary/aromatic N) is 1. The Morgan fingerprint density at radius 1 is 1.54 bits per heavy atom. The summed E-state index contributed by atoms with van der Waals surface area (Å²) in [4.78, 5) is 12.8. The zero-order valence-electron chi connectivity index (χ0n) is 7.57. The van der Waals surface area contributed by atoms with Crippen LogP contribution in [-0.2, 0) is 4.79 Å². The number of aliphatic hydroxyl groups is 2. The van der Waals surface area contributed by atoms with Gasteiger partial charge < -0.3 is 15.1 Å². The lowest BCUT2D eigenvalue weighted by atomic mass is 9.80. The molecule has 1 saturated heterocycles. The lowest BCUT2D eigenvalue weighted by Gasteiger charge is -2.39. The average Bonchev–Trinajstić information content (AvgIpc) is 2.27. The first-order valence-corrected chi connectivity index (χ1v) is 4.77. The fourth-order valence-electron chi connectivity index (χ4n) is 2.00. The highest BCUT2D eigenvalue weighted by Gasteiger charge is 2.39. The maximum atomic E-state index is 11.3. The normalized spacial score (nSPS) is 32.0. The highest BCUT2D eigenvalue weighted by Crippen LogP contribution is 2.33. The summed E-state index contributed by atoms with van der Waals surface area (Å²) in [6.07, 6.45) is 2.30. The third-order valence-electron chi connectivity index (χ3n) is 2.96. The van der Waals surface area contributed by atoms with Gasteiger partial charge in [0.15, 0.2) is 0 Å². The van der Waals surface area contributed by atoms with Crippen LogP contribution in [0.2, 0.25) is 0 Å². The Morgan fingerprint density at radius 3 is 2.62 bits per heavy atom. The second-order valence-corrected chi connectivity index (χ2v) is 4.21. The van der Waals surface area contributed by atoms with Gasteiger partial charge >= 0.3 is 0 Å². The molecule has 2 rings (SSSR count). The molecule has 1 saturated carbocycles. The fourth-order valence-corrected chi connectivity index (χ4v) is 2.00. The molecule has 1 atom stereocenters. The minimum Gasteiger partial charge on any atom is -0.391 e. The van der Waals surface area contributed by atoms with Gasteiger partial charge in [-0.05, 0) is 19.3 Å². The molecule has 74 valence electrons. The van der Waals surface area contributed by atoms with Crippen molar-refractivity contribution in [2.75, 3.05) is 13.1 Å². The van der Waals surface area contributed by atoms with Crippen molar-refractivity contribution in [2.24, 2.45) is 0 Å². The largest absolute Gasteiger partial charge is 0.391 e. The van der Waals surface area contributed by atoms with Crippen LogP contribution in [0.1, 0.15) is 25.7 Å². The Balaban J connectivity index is 1.91. The molecule has 1 aliphatic heterocycles. The zero-order chi connectivity index (χ0) is 9.47. The van der Waals surface area contributed by atoms with Crippen molar-refractivity contribution in [3.05, 3.63) is 0 Å². The maximum absolute atomic E-state index is 11.3. The number of carbonyl (C=O) groups is 1. The van der Waals surface area contributed by atoms with E-state index in [4.69, 9.17) is 0 Å². The minimum atomic E-state index is -0.653. The molecule has 0 aromatic rings. The quantitative estimate of drug-likeness (QED) is 0.609. The zero-order valence-corrected chi connectivity index (χ0v) is 7.57. The van der Waals surface area contributed by atoms with Crippen LogP contribution in [0.4, 0.5) is 0 Å². The van der Waals surface area contributed by atoms with Crippen molar-refractivity contribution < 1.29 is 15.0 Å². The van der Waals surface area contributed by atoms with Crippen LogP contribution in [0.3, 0.4) is 0 Å². The van der Waals surface area contributed by atoms with Gasteiger partial charge in [-0.1, -0.05) is 0 Å². The standard InChI is InChI=1S/C9H15NO3/c11-7-4-8(12)10(5-7)6-9(13)2-1-3-9/h7,11,13H,1-6H2. The van der Waals surface area contributed by atoms with E-state index in [1.165, 1.54) is 0 Å². The third kappa shape index (κ3) is 1.69. The summed E-state index contributed by atoms with van der Waals surface area (Å²) in [6, 6.07) is 0. The number of β-amino-alcohol motifs (C(OH)–C–C–N with tert-alkyl or cyclic N) is 2. The second kappa shape index (κ2) is 2.96. The van der Waals surface area contributed by atoms with E-state index in [0.29, 0.717) is 13.1 Å². The molecule has 1 amide bonds. The van der Waals surface area contributed by atoms with Gasteiger partial charge in [0.25, 0.3) is 0 Å². The summed E-state index contributed by atoms with van der Waals surface area (Å²) in [7, 11) is 0. The first kappa shape index (κ1) is 8.97. The van der Waals surface area contributed by atoms with Crippen molar-refractivity contribution in [3.8, 4) is 0 Å². The van der Waals surface area contributed by atoms with E-state index in [0.717, 1.165) is 19.3 Å². The van der Waals surface area contributed by atoms with Crippen LogP contribution in [0, 0.1) is 0 Å². The molecule has 2 aliphatic rings. The molecule has 1 heterocycles. The van der Waals surface area contributed by atoms with Gasteiger partial charge in [0.2, 0.25) is 5.91 Å². The molecule has 4 nitrogen and oxygen atoms in total. The molecular weight excluding hydrogens is 170 g/mol. The summed E-state index contributed by atoms with van der Waals surface area (Å²) < 4.78 is 0. The van der Waals surface area contributed by atoms with Gasteiger partial charge in [0.05, 0.1) is 18.1 Å².